The molecule has 1 aromatic rings. The quantitative estimate of drug-likeness (QED) is 0.507. The van der Waals surface area contributed by atoms with Gasteiger partial charge in [0, 0.05) is 5.69 Å². The number of aryl methyl sites for hydroxylation is 1. The van der Waals surface area contributed by atoms with Gasteiger partial charge in [0.15, 0.2) is 0 Å². The average Bonchev–Trinajstić information content (AvgIpc) is 2.03. The number of urea groups is 1. The van der Waals surface area contributed by atoms with E-state index in [1.165, 1.54) is 6.21 Å². The number of hydrogen-bond donors (Lipinski definition) is 2. The van der Waals surface area contributed by atoms with E-state index in [0.29, 0.717) is 5.69 Å². The van der Waals surface area contributed by atoms with E-state index in [1.54, 1.807) is 6.07 Å². The summed E-state index contributed by atoms with van der Waals surface area (Å²) >= 11 is 0. The highest BCUT2D eigenvalue weighted by molar-refractivity contribution is 5.79. The predicted molar refractivity (Wildman–Crippen MR) is 49.3 cm³/mol. The first-order chi connectivity index (χ1) is 6.18. The number of hydrogen-bond acceptors (Lipinski definition) is 3. The fourth-order valence-electron chi connectivity index (χ4n) is 0.798. The molecule has 0 atom stereocenters. The van der Waals surface area contributed by atoms with Crippen molar-refractivity contribution in [1.29, 1.82) is 0 Å². The molecule has 5 heteroatoms. The Hall–Kier alpha value is -1.91. The Morgan fingerprint density at radius 2 is 2.46 bits per heavy atom. The fraction of sp³-hybridized carbons (Fsp3) is 0.125. The van der Waals surface area contributed by atoms with Gasteiger partial charge in [-0.05, 0) is 19.1 Å². The maximum absolute atomic E-state index is 10.2. The molecule has 0 unspecified atom stereocenters. The molecule has 0 aromatic carbocycles. The van der Waals surface area contributed by atoms with Gasteiger partial charge in [0.1, 0.15) is 0 Å². The number of nitrogens with two attached hydrogens (primary N) is 1. The van der Waals surface area contributed by atoms with E-state index >= 15 is 0 Å². The normalized spacial score (nSPS) is 10.2. The van der Waals surface area contributed by atoms with E-state index < -0.39 is 6.03 Å². The highest BCUT2D eigenvalue weighted by Crippen LogP contribution is 1.94. The highest BCUT2D eigenvalue weighted by atomic mass is 16.2. The maximum Gasteiger partial charge on any atom is 0.332 e. The summed E-state index contributed by atoms with van der Waals surface area (Å²) in [4.78, 5) is 14.4. The van der Waals surface area contributed by atoms with Crippen LogP contribution in [0.25, 0.3) is 0 Å². The van der Waals surface area contributed by atoms with E-state index in [0.717, 1.165) is 5.69 Å². The average molecular weight is 178 g/mol. The molecule has 1 aromatic heterocycles. The van der Waals surface area contributed by atoms with Gasteiger partial charge in [0.2, 0.25) is 0 Å². The van der Waals surface area contributed by atoms with Crippen molar-refractivity contribution in [2.45, 2.75) is 6.92 Å². The molecule has 0 saturated carbocycles. The Morgan fingerprint density at radius 3 is 3.08 bits per heavy atom. The van der Waals surface area contributed by atoms with Crippen molar-refractivity contribution in [3.8, 4) is 0 Å². The Kier molecular flexibility index (Phi) is 2.97. The summed E-state index contributed by atoms with van der Waals surface area (Å²) in [7, 11) is 0. The van der Waals surface area contributed by atoms with Gasteiger partial charge in [-0.25, -0.2) is 10.2 Å². The van der Waals surface area contributed by atoms with Crippen LogP contribution in [0.1, 0.15) is 11.4 Å². The van der Waals surface area contributed by atoms with Gasteiger partial charge in [-0.3, -0.25) is 4.98 Å². The predicted octanol–water partition coefficient (Wildman–Crippen LogP) is 0.392. The smallest absolute Gasteiger partial charge is 0.332 e. The molecule has 5 nitrogen and oxygen atoms in total. The summed E-state index contributed by atoms with van der Waals surface area (Å²) in [5.41, 5.74) is 8.45. The summed E-state index contributed by atoms with van der Waals surface area (Å²) in [5.74, 6) is 0. The van der Waals surface area contributed by atoms with Gasteiger partial charge in [0.25, 0.3) is 0 Å². The molecule has 0 radical (unpaired) electrons. The van der Waals surface area contributed by atoms with E-state index in [4.69, 9.17) is 5.73 Å². The van der Waals surface area contributed by atoms with E-state index in [1.807, 2.05) is 19.1 Å². The van der Waals surface area contributed by atoms with Crippen molar-refractivity contribution in [2.24, 2.45) is 10.8 Å². The molecule has 0 bridgehead atoms. The Labute approximate surface area is 75.7 Å². The molecule has 0 aliphatic heterocycles. The first kappa shape index (κ1) is 9.18. The van der Waals surface area contributed by atoms with Crippen LogP contribution in [-0.2, 0) is 0 Å². The van der Waals surface area contributed by atoms with Crippen LogP contribution in [0.2, 0.25) is 0 Å². The van der Waals surface area contributed by atoms with Crippen LogP contribution in [0.5, 0.6) is 0 Å². The number of amides is 2. The molecule has 1 rings (SSSR count). The molecule has 0 aliphatic carbocycles. The van der Waals surface area contributed by atoms with Crippen molar-refractivity contribution < 1.29 is 4.79 Å². The number of pyridine rings is 1. The largest absolute Gasteiger partial charge is 0.350 e. The molecular weight excluding hydrogens is 168 g/mol. The second kappa shape index (κ2) is 4.20. The van der Waals surface area contributed by atoms with Crippen molar-refractivity contribution in [3.05, 3.63) is 29.6 Å². The molecular formula is C8H10N4O. The van der Waals surface area contributed by atoms with Crippen molar-refractivity contribution in [2.75, 3.05) is 0 Å². The van der Waals surface area contributed by atoms with Gasteiger partial charge < -0.3 is 5.73 Å². The van der Waals surface area contributed by atoms with Crippen molar-refractivity contribution in [3.63, 3.8) is 0 Å². The number of hydrazone groups is 1. The van der Waals surface area contributed by atoms with Gasteiger partial charge >= 0.3 is 6.03 Å². The number of nitrogens with one attached hydrogen (secondary N) is 1. The lowest BCUT2D eigenvalue weighted by Crippen LogP contribution is -2.24. The summed E-state index contributed by atoms with van der Waals surface area (Å²) in [5, 5.41) is 3.57. The van der Waals surface area contributed by atoms with Crippen LogP contribution < -0.4 is 11.2 Å². The minimum absolute atomic E-state index is 0.675. The third-order valence-corrected chi connectivity index (χ3v) is 1.28. The molecule has 68 valence electrons. The van der Waals surface area contributed by atoms with Gasteiger partial charge in [0.05, 0.1) is 11.9 Å². The first-order valence-electron chi connectivity index (χ1n) is 3.70. The van der Waals surface area contributed by atoms with Crippen molar-refractivity contribution in [1.82, 2.24) is 10.4 Å². The van der Waals surface area contributed by atoms with Crippen LogP contribution >= 0.6 is 0 Å². The zero-order chi connectivity index (χ0) is 9.68. The van der Waals surface area contributed by atoms with E-state index in [2.05, 4.69) is 15.5 Å². The lowest BCUT2D eigenvalue weighted by molar-refractivity contribution is 0.249. The lowest BCUT2D eigenvalue weighted by Gasteiger charge is -1.94. The zero-order valence-electron chi connectivity index (χ0n) is 7.19. The van der Waals surface area contributed by atoms with Crippen LogP contribution in [0.3, 0.4) is 0 Å². The monoisotopic (exact) mass is 178 g/mol. The standard InChI is InChI=1S/C8H10N4O/c1-6-3-2-4-7(11-6)5-10-12-8(9)13/h2-5H,1H3,(H3,9,12,13). The summed E-state index contributed by atoms with van der Waals surface area (Å²) in [6.07, 6.45) is 1.43. The Bertz CT molecular complexity index is 335. The third kappa shape index (κ3) is 3.33. The van der Waals surface area contributed by atoms with E-state index in [-0.39, 0.29) is 0 Å². The highest BCUT2D eigenvalue weighted by Gasteiger charge is 1.89. The van der Waals surface area contributed by atoms with Gasteiger partial charge in [-0.1, -0.05) is 6.07 Å². The van der Waals surface area contributed by atoms with Crippen LogP contribution in [-0.4, -0.2) is 17.2 Å². The molecule has 1 heterocycles. The maximum atomic E-state index is 10.2. The Morgan fingerprint density at radius 1 is 1.69 bits per heavy atom. The number of nitrogens with zero attached hydrogens (tertiary/aromatic N) is 2. The number of carbonyl (C=O) groups is 1. The molecule has 0 spiro atoms. The molecule has 0 saturated heterocycles. The fourth-order valence-corrected chi connectivity index (χ4v) is 0.798. The number of primary amides is 1. The van der Waals surface area contributed by atoms with Crippen LogP contribution in [0.4, 0.5) is 4.79 Å². The van der Waals surface area contributed by atoms with E-state index in [9.17, 15) is 4.79 Å². The van der Waals surface area contributed by atoms with Crippen molar-refractivity contribution >= 4 is 12.2 Å². The Balaban J connectivity index is 2.63. The third-order valence-electron chi connectivity index (χ3n) is 1.28. The summed E-state index contributed by atoms with van der Waals surface area (Å²) in [6.45, 7) is 1.87. The minimum Gasteiger partial charge on any atom is -0.350 e. The first-order valence-corrected chi connectivity index (χ1v) is 3.70. The summed E-state index contributed by atoms with van der Waals surface area (Å²) in [6, 6.07) is 4.82. The molecule has 3 N–H and O–H groups in total. The zero-order valence-corrected chi connectivity index (χ0v) is 7.19. The number of aromatic nitrogens is 1. The van der Waals surface area contributed by atoms with Crippen LogP contribution in [0, 0.1) is 6.92 Å². The molecule has 13 heavy (non-hydrogen) atoms. The van der Waals surface area contributed by atoms with Gasteiger partial charge in [-0.2, -0.15) is 5.10 Å². The topological polar surface area (TPSA) is 80.4 Å². The van der Waals surface area contributed by atoms with Crippen LogP contribution in [0.15, 0.2) is 23.3 Å². The second-order valence-corrected chi connectivity index (χ2v) is 2.44. The second-order valence-electron chi connectivity index (χ2n) is 2.44. The molecule has 0 fully saturated rings. The number of carbonyl (C=O) groups excluding carboxylic acids is 1. The lowest BCUT2D eigenvalue weighted by atomic mass is 10.3. The summed E-state index contributed by atoms with van der Waals surface area (Å²) < 4.78 is 0. The molecule has 2 amide bonds. The minimum atomic E-state index is -0.691. The van der Waals surface area contributed by atoms with Gasteiger partial charge in [-0.15, -0.1) is 0 Å². The number of rotatable bonds is 2. The molecule has 0 aliphatic rings. The SMILES string of the molecule is Cc1cccc(C=NNC(N)=O)n1.